The Bertz CT molecular complexity index is 306. The fraction of sp³-hybridized carbons (Fsp3) is 1.00. The first-order valence-electron chi connectivity index (χ1n) is 5.64. The van der Waals surface area contributed by atoms with Gasteiger partial charge >= 0.3 is 8.80 Å². The Morgan fingerprint density at radius 3 is 2.22 bits per heavy atom. The summed E-state index contributed by atoms with van der Waals surface area (Å²) in [5.74, 6) is 0.250. The van der Waals surface area contributed by atoms with Crippen molar-refractivity contribution in [3.8, 4) is 0 Å². The van der Waals surface area contributed by atoms with Gasteiger partial charge in [0.2, 0.25) is 0 Å². The molecule has 0 amide bonds. The standard InChI is InChI=1S/C9H21ClO6SSi/c1-14-18(15-2,16-7-4-3-6-10)9-5-8-17(11,12)13/h3-9H2,1-2H3,(H,11,12,13). The minimum atomic E-state index is -3.95. The van der Waals surface area contributed by atoms with Crippen LogP contribution in [0.2, 0.25) is 6.04 Å². The third kappa shape index (κ3) is 8.41. The number of unbranched alkanes of at least 4 members (excludes halogenated alkanes) is 1. The lowest BCUT2D eigenvalue weighted by Gasteiger charge is -2.26. The summed E-state index contributed by atoms with van der Waals surface area (Å²) in [6.07, 6.45) is 1.87. The molecule has 0 saturated carbocycles. The zero-order valence-corrected chi connectivity index (χ0v) is 13.3. The molecule has 0 aliphatic rings. The van der Waals surface area contributed by atoms with Gasteiger partial charge < -0.3 is 13.3 Å². The van der Waals surface area contributed by atoms with E-state index in [2.05, 4.69) is 0 Å². The topological polar surface area (TPSA) is 82.1 Å². The molecule has 0 unspecified atom stereocenters. The predicted molar refractivity (Wildman–Crippen MR) is 71.5 cm³/mol. The summed E-state index contributed by atoms with van der Waals surface area (Å²) >= 11 is 5.55. The lowest BCUT2D eigenvalue weighted by atomic mass is 10.4. The van der Waals surface area contributed by atoms with Crippen molar-refractivity contribution in [2.75, 3.05) is 32.5 Å². The molecule has 0 heterocycles. The molecular weight excluding hydrogens is 300 g/mol. The highest BCUT2D eigenvalue weighted by atomic mass is 35.5. The summed E-state index contributed by atoms with van der Waals surface area (Å²) in [4.78, 5) is 0. The van der Waals surface area contributed by atoms with Crippen molar-refractivity contribution in [1.82, 2.24) is 0 Å². The van der Waals surface area contributed by atoms with Gasteiger partial charge in [0, 0.05) is 32.8 Å². The van der Waals surface area contributed by atoms with Gasteiger partial charge in [-0.3, -0.25) is 4.55 Å². The number of alkyl halides is 1. The van der Waals surface area contributed by atoms with Gasteiger partial charge in [-0.05, 0) is 19.3 Å². The molecule has 0 spiro atoms. The second-order valence-electron chi connectivity index (χ2n) is 3.73. The maximum Gasteiger partial charge on any atom is 0.500 e. The van der Waals surface area contributed by atoms with Crippen molar-refractivity contribution < 1.29 is 26.2 Å². The molecule has 0 rings (SSSR count). The third-order valence-electron chi connectivity index (χ3n) is 2.36. The maximum atomic E-state index is 10.6. The maximum absolute atomic E-state index is 10.6. The minimum absolute atomic E-state index is 0.238. The Morgan fingerprint density at radius 1 is 1.17 bits per heavy atom. The molecule has 6 nitrogen and oxygen atoms in total. The van der Waals surface area contributed by atoms with E-state index in [4.69, 9.17) is 29.4 Å². The molecule has 0 aromatic carbocycles. The summed E-state index contributed by atoms with van der Waals surface area (Å²) in [5.41, 5.74) is 0. The van der Waals surface area contributed by atoms with E-state index in [0.717, 1.165) is 12.8 Å². The Morgan fingerprint density at radius 2 is 1.78 bits per heavy atom. The summed E-state index contributed by atoms with van der Waals surface area (Å²) in [5, 5.41) is 0. The number of hydrogen-bond acceptors (Lipinski definition) is 5. The van der Waals surface area contributed by atoms with Crippen LogP contribution in [-0.4, -0.2) is 54.2 Å². The smallest absolute Gasteiger partial charge is 0.377 e. The van der Waals surface area contributed by atoms with E-state index in [-0.39, 0.29) is 12.2 Å². The first-order chi connectivity index (χ1) is 8.39. The van der Waals surface area contributed by atoms with Crippen LogP contribution >= 0.6 is 11.6 Å². The predicted octanol–water partition coefficient (Wildman–Crippen LogP) is 1.53. The van der Waals surface area contributed by atoms with Crippen LogP contribution in [0.15, 0.2) is 0 Å². The molecule has 0 bridgehead atoms. The van der Waals surface area contributed by atoms with E-state index in [1.807, 2.05) is 0 Å². The highest BCUT2D eigenvalue weighted by Crippen LogP contribution is 2.17. The van der Waals surface area contributed by atoms with E-state index in [1.54, 1.807) is 0 Å². The fourth-order valence-corrected chi connectivity index (χ4v) is 4.35. The van der Waals surface area contributed by atoms with Gasteiger partial charge in [0.05, 0.1) is 5.75 Å². The molecule has 1 N–H and O–H groups in total. The van der Waals surface area contributed by atoms with Gasteiger partial charge in [-0.1, -0.05) is 0 Å². The van der Waals surface area contributed by atoms with Crippen molar-refractivity contribution >= 4 is 30.5 Å². The van der Waals surface area contributed by atoms with Gasteiger partial charge in [0.1, 0.15) is 0 Å². The summed E-state index contributed by atoms with van der Waals surface area (Å²) < 4.78 is 46.0. The molecule has 0 fully saturated rings. The van der Waals surface area contributed by atoms with E-state index in [9.17, 15) is 8.42 Å². The Kier molecular flexibility index (Phi) is 9.39. The van der Waals surface area contributed by atoms with Crippen molar-refractivity contribution in [1.29, 1.82) is 0 Å². The van der Waals surface area contributed by atoms with Crippen LogP contribution in [0.1, 0.15) is 19.3 Å². The average Bonchev–Trinajstić information content (AvgIpc) is 2.31. The van der Waals surface area contributed by atoms with Crippen LogP contribution in [0, 0.1) is 0 Å². The summed E-state index contributed by atoms with van der Waals surface area (Å²) in [7, 11) is -3.81. The van der Waals surface area contributed by atoms with E-state index < -0.39 is 18.9 Å². The summed E-state index contributed by atoms with van der Waals surface area (Å²) in [6, 6.07) is 0.348. The second kappa shape index (κ2) is 9.24. The largest absolute Gasteiger partial charge is 0.500 e. The molecule has 18 heavy (non-hydrogen) atoms. The van der Waals surface area contributed by atoms with Crippen molar-refractivity contribution in [2.24, 2.45) is 0 Å². The lowest BCUT2D eigenvalue weighted by Crippen LogP contribution is -2.44. The molecule has 9 heteroatoms. The third-order valence-corrected chi connectivity index (χ3v) is 6.28. The quantitative estimate of drug-likeness (QED) is 0.269. The van der Waals surface area contributed by atoms with Gasteiger partial charge in [0.15, 0.2) is 0 Å². The lowest BCUT2D eigenvalue weighted by molar-refractivity contribution is 0.0968. The normalized spacial score (nSPS) is 12.9. The first kappa shape index (κ1) is 18.3. The SMILES string of the molecule is CO[Si](CCCS(=O)(=O)O)(OC)OCCCCCl. The molecule has 0 saturated heterocycles. The average molecular weight is 321 g/mol. The van der Waals surface area contributed by atoms with Crippen LogP contribution in [0.5, 0.6) is 0 Å². The molecular formula is C9H21ClO6SSi. The number of hydrogen-bond donors (Lipinski definition) is 1. The van der Waals surface area contributed by atoms with Crippen LogP contribution < -0.4 is 0 Å². The zero-order chi connectivity index (χ0) is 14.1. The van der Waals surface area contributed by atoms with Gasteiger partial charge in [-0.2, -0.15) is 8.42 Å². The van der Waals surface area contributed by atoms with Gasteiger partial charge in [-0.15, -0.1) is 11.6 Å². The van der Waals surface area contributed by atoms with Crippen LogP contribution in [0.4, 0.5) is 0 Å². The van der Waals surface area contributed by atoms with E-state index >= 15 is 0 Å². The van der Waals surface area contributed by atoms with Crippen LogP contribution in [0.25, 0.3) is 0 Å². The highest BCUT2D eigenvalue weighted by molar-refractivity contribution is 7.85. The monoisotopic (exact) mass is 320 g/mol. The first-order valence-corrected chi connectivity index (χ1v) is 9.72. The molecule has 0 aromatic heterocycles. The van der Waals surface area contributed by atoms with Crippen molar-refractivity contribution in [2.45, 2.75) is 25.3 Å². The Hall–Kier alpha value is 0.297. The van der Waals surface area contributed by atoms with Crippen molar-refractivity contribution in [3.05, 3.63) is 0 Å². The molecule has 0 aromatic rings. The summed E-state index contributed by atoms with van der Waals surface area (Å²) in [6.45, 7) is 0.465. The van der Waals surface area contributed by atoms with E-state index in [0.29, 0.717) is 18.5 Å². The Balaban J connectivity index is 4.16. The highest BCUT2D eigenvalue weighted by Gasteiger charge is 2.38. The molecule has 0 radical (unpaired) electrons. The van der Waals surface area contributed by atoms with Crippen LogP contribution in [0.3, 0.4) is 0 Å². The van der Waals surface area contributed by atoms with Crippen LogP contribution in [-0.2, 0) is 23.4 Å². The Labute approximate surface area is 115 Å². The molecule has 0 aliphatic carbocycles. The second-order valence-corrected chi connectivity index (χ2v) is 8.65. The van der Waals surface area contributed by atoms with Gasteiger partial charge in [0.25, 0.3) is 10.1 Å². The minimum Gasteiger partial charge on any atom is -0.377 e. The van der Waals surface area contributed by atoms with Gasteiger partial charge in [-0.25, -0.2) is 0 Å². The number of rotatable bonds is 11. The van der Waals surface area contributed by atoms with Crippen molar-refractivity contribution in [3.63, 3.8) is 0 Å². The number of halogens is 1. The fourth-order valence-electron chi connectivity index (χ4n) is 1.37. The van der Waals surface area contributed by atoms with E-state index in [1.165, 1.54) is 14.2 Å². The molecule has 0 aliphatic heterocycles. The molecule has 110 valence electrons. The zero-order valence-electron chi connectivity index (χ0n) is 10.7. The molecule has 0 atom stereocenters.